The predicted octanol–water partition coefficient (Wildman–Crippen LogP) is 1.38. The van der Waals surface area contributed by atoms with Crippen LogP contribution in [0.25, 0.3) is 0 Å². The second-order valence-electron chi connectivity index (χ2n) is 2.17. The Kier molecular flexibility index (Phi) is 1.88. The van der Waals surface area contributed by atoms with Gasteiger partial charge in [0.25, 0.3) is 0 Å². The van der Waals surface area contributed by atoms with Crippen molar-refractivity contribution in [3.63, 3.8) is 0 Å². The maximum absolute atomic E-state index is 5.19. The van der Waals surface area contributed by atoms with Gasteiger partial charge < -0.3 is 4.74 Å². The van der Waals surface area contributed by atoms with Gasteiger partial charge in [-0.1, -0.05) is 6.58 Å². The molecule has 0 fully saturated rings. The lowest BCUT2D eigenvalue weighted by atomic mass is 10.3. The van der Waals surface area contributed by atoms with Gasteiger partial charge in [0.05, 0.1) is 6.61 Å². The predicted molar refractivity (Wildman–Crippen MR) is 37.7 cm³/mol. The van der Waals surface area contributed by atoms with E-state index in [0.717, 1.165) is 31.0 Å². The molecule has 50 valence electrons. The van der Waals surface area contributed by atoms with Crippen LogP contribution in [0.2, 0.25) is 0 Å². The first-order valence-electron chi connectivity index (χ1n) is 3.14. The molecule has 0 saturated heterocycles. The number of hydrogen-bond donors (Lipinski definition) is 0. The molecule has 0 bridgehead atoms. The van der Waals surface area contributed by atoms with E-state index >= 15 is 0 Å². The minimum Gasteiger partial charge on any atom is -0.478 e. The molecule has 0 spiro atoms. The summed E-state index contributed by atoms with van der Waals surface area (Å²) in [4.78, 5) is 4.12. The van der Waals surface area contributed by atoms with E-state index in [1.165, 1.54) is 0 Å². The Bertz CT molecular complexity index is 149. The molecule has 1 heterocycles. The van der Waals surface area contributed by atoms with Gasteiger partial charge in [0.1, 0.15) is 0 Å². The second-order valence-corrected chi connectivity index (χ2v) is 2.17. The summed E-state index contributed by atoms with van der Waals surface area (Å²) in [6, 6.07) is 0. The van der Waals surface area contributed by atoms with Gasteiger partial charge in [-0.15, -0.1) is 0 Å². The van der Waals surface area contributed by atoms with E-state index in [2.05, 4.69) is 11.6 Å². The maximum Gasteiger partial charge on any atom is 0.210 e. The van der Waals surface area contributed by atoms with E-state index in [-0.39, 0.29) is 0 Å². The molecule has 0 aromatic rings. The van der Waals surface area contributed by atoms with Gasteiger partial charge in [-0.05, 0) is 6.92 Å². The molecule has 0 unspecified atom stereocenters. The van der Waals surface area contributed by atoms with Crippen molar-refractivity contribution >= 4 is 5.90 Å². The summed E-state index contributed by atoms with van der Waals surface area (Å²) in [7, 11) is 0. The van der Waals surface area contributed by atoms with Crippen molar-refractivity contribution in [2.75, 3.05) is 13.2 Å². The van der Waals surface area contributed by atoms with E-state index in [9.17, 15) is 0 Å². The monoisotopic (exact) mass is 125 g/mol. The molecule has 9 heavy (non-hydrogen) atoms. The molecule has 0 saturated carbocycles. The SMILES string of the molecule is C=C(C)C1=NCCCO1. The third-order valence-corrected chi connectivity index (χ3v) is 1.16. The van der Waals surface area contributed by atoms with Gasteiger partial charge in [0.15, 0.2) is 0 Å². The van der Waals surface area contributed by atoms with Gasteiger partial charge in [-0.3, -0.25) is 4.99 Å². The Labute approximate surface area is 55.2 Å². The normalized spacial score (nSPS) is 18.1. The fourth-order valence-electron chi connectivity index (χ4n) is 0.718. The number of hydrogen-bond acceptors (Lipinski definition) is 2. The minimum atomic E-state index is 0.737. The molecule has 2 nitrogen and oxygen atoms in total. The van der Waals surface area contributed by atoms with Gasteiger partial charge in [-0.25, -0.2) is 0 Å². The van der Waals surface area contributed by atoms with Gasteiger partial charge >= 0.3 is 0 Å². The standard InChI is InChI=1S/C7H11NO/c1-6(2)7-8-4-3-5-9-7/h1,3-5H2,2H3. The molecule has 0 aliphatic carbocycles. The maximum atomic E-state index is 5.19. The van der Waals surface area contributed by atoms with Crippen LogP contribution < -0.4 is 0 Å². The lowest BCUT2D eigenvalue weighted by Crippen LogP contribution is -2.13. The highest BCUT2D eigenvalue weighted by molar-refractivity contribution is 5.92. The number of ether oxygens (including phenoxy) is 1. The van der Waals surface area contributed by atoms with Crippen molar-refractivity contribution < 1.29 is 4.74 Å². The molecule has 0 atom stereocenters. The number of rotatable bonds is 1. The molecule has 1 rings (SSSR count). The van der Waals surface area contributed by atoms with Crippen molar-refractivity contribution in [1.82, 2.24) is 0 Å². The van der Waals surface area contributed by atoms with Crippen LogP contribution >= 0.6 is 0 Å². The van der Waals surface area contributed by atoms with Crippen molar-refractivity contribution in [3.8, 4) is 0 Å². The Morgan fingerprint density at radius 3 is 2.89 bits per heavy atom. The van der Waals surface area contributed by atoms with Crippen LogP contribution in [0.1, 0.15) is 13.3 Å². The fraction of sp³-hybridized carbons (Fsp3) is 0.571. The molecule has 0 radical (unpaired) electrons. The summed E-state index contributed by atoms with van der Waals surface area (Å²) in [5, 5.41) is 0. The number of aliphatic imine (C=N–C) groups is 1. The minimum absolute atomic E-state index is 0.737. The third kappa shape index (κ3) is 1.56. The van der Waals surface area contributed by atoms with E-state index in [4.69, 9.17) is 4.74 Å². The highest BCUT2D eigenvalue weighted by atomic mass is 16.5. The molecular formula is C7H11NO. The van der Waals surface area contributed by atoms with E-state index in [0.29, 0.717) is 0 Å². The zero-order valence-electron chi connectivity index (χ0n) is 5.68. The van der Waals surface area contributed by atoms with Crippen molar-refractivity contribution in [2.24, 2.45) is 4.99 Å². The smallest absolute Gasteiger partial charge is 0.210 e. The average molecular weight is 125 g/mol. The zero-order valence-corrected chi connectivity index (χ0v) is 5.68. The molecule has 1 aliphatic rings. The topological polar surface area (TPSA) is 21.6 Å². The molecule has 2 heteroatoms. The summed E-state index contributed by atoms with van der Waals surface area (Å²) in [5.41, 5.74) is 0.926. The lowest BCUT2D eigenvalue weighted by Gasteiger charge is -2.12. The van der Waals surface area contributed by atoms with Crippen molar-refractivity contribution in [2.45, 2.75) is 13.3 Å². The summed E-state index contributed by atoms with van der Waals surface area (Å²) >= 11 is 0. The van der Waals surface area contributed by atoms with Crippen LogP contribution in [-0.2, 0) is 4.74 Å². The number of nitrogens with zero attached hydrogens (tertiary/aromatic N) is 1. The van der Waals surface area contributed by atoms with Gasteiger partial charge in [0, 0.05) is 18.5 Å². The Morgan fingerprint density at radius 1 is 1.78 bits per heavy atom. The molecule has 1 aliphatic heterocycles. The van der Waals surface area contributed by atoms with Gasteiger partial charge in [-0.2, -0.15) is 0 Å². The molecule has 0 N–H and O–H groups in total. The van der Waals surface area contributed by atoms with Crippen LogP contribution in [0.4, 0.5) is 0 Å². The fourth-order valence-corrected chi connectivity index (χ4v) is 0.718. The molecule has 0 aromatic carbocycles. The van der Waals surface area contributed by atoms with E-state index in [1.807, 2.05) is 6.92 Å². The van der Waals surface area contributed by atoms with Gasteiger partial charge in [0.2, 0.25) is 5.90 Å². The summed E-state index contributed by atoms with van der Waals surface area (Å²) in [6.07, 6.45) is 1.04. The lowest BCUT2D eigenvalue weighted by molar-refractivity contribution is 0.283. The third-order valence-electron chi connectivity index (χ3n) is 1.16. The van der Waals surface area contributed by atoms with Crippen LogP contribution in [0.3, 0.4) is 0 Å². The quantitative estimate of drug-likeness (QED) is 0.518. The zero-order chi connectivity index (χ0) is 6.69. The van der Waals surface area contributed by atoms with Crippen LogP contribution in [-0.4, -0.2) is 19.0 Å². The summed E-state index contributed by atoms with van der Waals surface area (Å²) in [5.74, 6) is 0.737. The van der Waals surface area contributed by atoms with Crippen LogP contribution in [0, 0.1) is 0 Å². The first-order chi connectivity index (χ1) is 4.30. The second kappa shape index (κ2) is 2.67. The molecular weight excluding hydrogens is 114 g/mol. The first kappa shape index (κ1) is 6.33. The summed E-state index contributed by atoms with van der Waals surface area (Å²) in [6.45, 7) is 7.32. The van der Waals surface area contributed by atoms with Crippen molar-refractivity contribution in [3.05, 3.63) is 12.2 Å². The summed E-state index contributed by atoms with van der Waals surface area (Å²) < 4.78 is 5.19. The van der Waals surface area contributed by atoms with E-state index < -0.39 is 0 Å². The highest BCUT2D eigenvalue weighted by Crippen LogP contribution is 2.02. The highest BCUT2D eigenvalue weighted by Gasteiger charge is 2.04. The van der Waals surface area contributed by atoms with Crippen LogP contribution in [0.5, 0.6) is 0 Å². The average Bonchev–Trinajstić information content (AvgIpc) is 1.90. The first-order valence-corrected chi connectivity index (χ1v) is 3.14. The largest absolute Gasteiger partial charge is 0.478 e. The van der Waals surface area contributed by atoms with Crippen LogP contribution in [0.15, 0.2) is 17.1 Å². The van der Waals surface area contributed by atoms with E-state index in [1.54, 1.807) is 0 Å². The van der Waals surface area contributed by atoms with Crippen molar-refractivity contribution in [1.29, 1.82) is 0 Å². The Morgan fingerprint density at radius 2 is 2.56 bits per heavy atom. The Balaban J connectivity index is 2.57. The Hall–Kier alpha value is -0.790. The molecule has 0 amide bonds. The molecule has 0 aromatic heterocycles.